The molecule has 0 bridgehead atoms. The SMILES string of the molecule is CC(=O)C=C(C)O.CC(=O)C=C(C)O.CC(=O)C=C(C)O.CC1(C)c2ccccc2-c2c[c-]c(-c3cc4ccccc4cn3)cc21.CC1(C)c2ccccc2-c2c[c-]c(-c3ccccn3)cc21.C[C-]=Cc1ccc2ccccc2n1.Cc1[c-]c(-c2cc(-c3ccccc3)c3ccccc3n2)ccc1C.[Ir].[Ir].[Ir].[Ir].[c-]1ccccc1-c1ccccn1. The summed E-state index contributed by atoms with van der Waals surface area (Å²) in [6.07, 6.45) is 13.9. The van der Waals surface area contributed by atoms with Crippen LogP contribution in [-0.4, -0.2) is 57.6 Å². The summed E-state index contributed by atoms with van der Waals surface area (Å²) in [5.74, 6) is -0.187. The summed E-state index contributed by atoms with van der Waals surface area (Å²) in [6.45, 7) is 23.8. The Morgan fingerprint density at radius 1 is 0.383 bits per heavy atom. The molecule has 0 unspecified atom stereocenters. The van der Waals surface area contributed by atoms with Gasteiger partial charge >= 0.3 is 0 Å². The standard InChI is InChI=1S/C24H18N.C23H18N.C20H16N.C12H10N.C11H8N.3C5H8O2.4Ir/c1-24(2)21-10-6-5-9-19(21)20-12-11-17(13-22(20)24)23-14-16-7-3-4-8-18(16)15-25-23;1-16-12-13-19(14-17(16)2)23-15-21(18-8-4-3-5-9-18)20-10-6-7-11-22(20)24-23;1-20(2)17-8-4-3-7-15(17)16-11-10-14(13-18(16)20)19-9-5-6-12-21-19;1-2-5-11-9-8-10-6-3-4-7-12(10)13-11;1-2-6-10(7-3-1)11-8-4-5-9-12-11;3*1-4(6)3-5(2)7;;;;/h3-10,12-15H,1-2H3;3-13,15H,1-2H3;3-9,11-13H,1-2H3;3-9H,1H3;1-6,8-9H;3*3,6H,1-2H3;;;;/q5*-1;;;;;;;. The molecule has 15 heteroatoms. The number of nitrogens with zero attached hydrogens (tertiary/aromatic N) is 5. The van der Waals surface area contributed by atoms with Gasteiger partial charge < -0.3 is 35.3 Å². The molecular formula is C105H94Ir4N5O6-5. The Morgan fingerprint density at radius 3 is 1.36 bits per heavy atom. The van der Waals surface area contributed by atoms with E-state index in [0.29, 0.717) is 0 Å². The number of fused-ring (bicyclic) bond motifs is 9. The average molecular weight is 2290 g/mol. The van der Waals surface area contributed by atoms with Crippen molar-refractivity contribution in [2.24, 2.45) is 0 Å². The van der Waals surface area contributed by atoms with Crippen LogP contribution in [-0.2, 0) is 106 Å². The van der Waals surface area contributed by atoms with E-state index in [9.17, 15) is 14.4 Å². The normalized spacial score (nSPS) is 11.9. The van der Waals surface area contributed by atoms with E-state index in [1.165, 1.54) is 148 Å². The zero-order valence-electron chi connectivity index (χ0n) is 69.2. The van der Waals surface area contributed by atoms with Gasteiger partial charge in [-0.15, -0.1) is 142 Å². The number of para-hydroxylation sites is 2. The second-order valence-corrected chi connectivity index (χ2v) is 29.0. The molecule has 0 aliphatic heterocycles. The first-order valence-electron chi connectivity index (χ1n) is 38.2. The number of ketones is 3. The topological polar surface area (TPSA) is 176 Å². The molecule has 0 atom stereocenters. The molecule has 0 saturated carbocycles. The number of hydrogen-bond donors (Lipinski definition) is 3. The van der Waals surface area contributed by atoms with Crippen molar-refractivity contribution in [1.29, 1.82) is 0 Å². The Hall–Kier alpha value is -11.3. The molecule has 10 aromatic carbocycles. The van der Waals surface area contributed by atoms with Gasteiger partial charge in [-0.1, -0.05) is 251 Å². The first kappa shape index (κ1) is 97.5. The van der Waals surface area contributed by atoms with Gasteiger partial charge in [-0.25, -0.2) is 6.08 Å². The molecule has 2 aliphatic rings. The number of aliphatic hydroxyl groups is 3. The van der Waals surface area contributed by atoms with E-state index in [-0.39, 0.29) is 126 Å². The van der Waals surface area contributed by atoms with E-state index in [1.54, 1.807) is 6.20 Å². The summed E-state index contributed by atoms with van der Waals surface area (Å²) in [5, 5.41) is 29.8. The summed E-state index contributed by atoms with van der Waals surface area (Å²) in [4.78, 5) is 52.7. The van der Waals surface area contributed by atoms with Gasteiger partial charge in [0.15, 0.2) is 17.3 Å². The molecule has 17 rings (SSSR count). The molecule has 0 saturated heterocycles. The van der Waals surface area contributed by atoms with Crippen LogP contribution in [0.4, 0.5) is 0 Å². The third-order valence-corrected chi connectivity index (χ3v) is 19.2. The second kappa shape index (κ2) is 46.9. The third-order valence-electron chi connectivity index (χ3n) is 19.2. The number of aryl methyl sites for hydroxylation is 2. The molecule has 3 N–H and O–H groups in total. The number of carbonyl (C=O) groups is 3. The van der Waals surface area contributed by atoms with E-state index in [2.05, 4.69) is 262 Å². The molecule has 2 aliphatic carbocycles. The smallest absolute Gasteiger partial charge is 0.155 e. The predicted octanol–water partition coefficient (Wildman–Crippen LogP) is 25.6. The Morgan fingerprint density at radius 2 is 0.858 bits per heavy atom. The molecule has 11 nitrogen and oxygen atoms in total. The quantitative estimate of drug-likeness (QED) is 0.0712. The first-order chi connectivity index (χ1) is 55.8. The van der Waals surface area contributed by atoms with Crippen LogP contribution in [0.5, 0.6) is 0 Å². The zero-order chi connectivity index (χ0) is 82.9. The fourth-order valence-electron chi connectivity index (χ4n) is 13.6. The minimum Gasteiger partial charge on any atom is -0.512 e. The molecular weight excluding hydrogens is 2200 g/mol. The van der Waals surface area contributed by atoms with Crippen LogP contribution in [0.15, 0.2) is 327 Å². The van der Waals surface area contributed by atoms with Gasteiger partial charge in [-0.05, 0) is 138 Å². The van der Waals surface area contributed by atoms with E-state index in [1.807, 2.05) is 129 Å². The Kier molecular flexibility index (Phi) is 38.1. The molecule has 616 valence electrons. The molecule has 15 aromatic rings. The summed E-state index contributed by atoms with van der Waals surface area (Å²) in [6, 6.07) is 107. The predicted molar refractivity (Wildman–Crippen MR) is 475 cm³/mol. The number of aromatic nitrogens is 5. The van der Waals surface area contributed by atoms with Crippen LogP contribution >= 0.6 is 0 Å². The molecule has 120 heavy (non-hydrogen) atoms. The van der Waals surface area contributed by atoms with Gasteiger partial charge in [0.25, 0.3) is 0 Å². The summed E-state index contributed by atoms with van der Waals surface area (Å²) in [7, 11) is 0. The third kappa shape index (κ3) is 26.6. The summed E-state index contributed by atoms with van der Waals surface area (Å²) < 4.78 is 0. The maximum atomic E-state index is 10.0. The number of rotatable bonds is 9. The van der Waals surface area contributed by atoms with Gasteiger partial charge in [0.2, 0.25) is 0 Å². The van der Waals surface area contributed by atoms with Gasteiger partial charge in [0.05, 0.1) is 22.8 Å². The second-order valence-electron chi connectivity index (χ2n) is 29.0. The van der Waals surface area contributed by atoms with Crippen molar-refractivity contribution in [2.45, 2.75) is 101 Å². The van der Waals surface area contributed by atoms with Crippen molar-refractivity contribution in [1.82, 2.24) is 24.9 Å². The van der Waals surface area contributed by atoms with E-state index >= 15 is 0 Å². The minimum atomic E-state index is -0.125. The summed E-state index contributed by atoms with van der Waals surface area (Å²) in [5.41, 5.74) is 26.8. The van der Waals surface area contributed by atoms with Crippen LogP contribution in [0.1, 0.15) is 115 Å². The maximum Gasteiger partial charge on any atom is 0.155 e. The molecule has 0 amide bonds. The Labute approximate surface area is 760 Å². The van der Waals surface area contributed by atoms with Crippen molar-refractivity contribution in [3.8, 4) is 78.4 Å². The van der Waals surface area contributed by atoms with Crippen molar-refractivity contribution in [3.63, 3.8) is 0 Å². The van der Waals surface area contributed by atoms with E-state index < -0.39 is 0 Å². The fourth-order valence-corrected chi connectivity index (χ4v) is 13.6. The van der Waals surface area contributed by atoms with Crippen LogP contribution in [0.2, 0.25) is 0 Å². The molecule has 0 spiro atoms. The number of allylic oxidation sites excluding steroid dienone is 7. The number of hydrogen-bond acceptors (Lipinski definition) is 11. The number of aliphatic hydroxyl groups excluding tert-OH is 3. The van der Waals surface area contributed by atoms with E-state index in [0.717, 1.165) is 61.8 Å². The maximum absolute atomic E-state index is 10.0. The van der Waals surface area contributed by atoms with Crippen LogP contribution in [0.3, 0.4) is 0 Å². The van der Waals surface area contributed by atoms with Gasteiger partial charge in [0.1, 0.15) is 0 Å². The Bertz CT molecular complexity index is 5960. The Balaban J connectivity index is 0.000000221. The monoisotopic (exact) mass is 2290 g/mol. The summed E-state index contributed by atoms with van der Waals surface area (Å²) >= 11 is 0. The molecule has 5 aromatic heterocycles. The minimum absolute atomic E-state index is 0. The van der Waals surface area contributed by atoms with Crippen LogP contribution < -0.4 is 0 Å². The molecule has 0 fully saturated rings. The van der Waals surface area contributed by atoms with Crippen molar-refractivity contribution in [2.75, 3.05) is 0 Å². The van der Waals surface area contributed by atoms with Crippen molar-refractivity contribution in [3.05, 3.63) is 396 Å². The number of pyridine rings is 5. The average Bonchev–Trinajstić information content (AvgIpc) is 1.58. The van der Waals surface area contributed by atoms with Gasteiger partial charge in [0, 0.05) is 128 Å². The zero-order valence-corrected chi connectivity index (χ0v) is 78.7. The van der Waals surface area contributed by atoms with Gasteiger partial charge in [-0.3, -0.25) is 25.4 Å². The van der Waals surface area contributed by atoms with Crippen molar-refractivity contribution < 1.29 is 110 Å². The van der Waals surface area contributed by atoms with Gasteiger partial charge in [-0.2, -0.15) is 0 Å². The molecule has 4 radical (unpaired) electrons. The fraction of sp³-hybridized carbons (Fsp3) is 0.143. The van der Waals surface area contributed by atoms with Crippen molar-refractivity contribution >= 4 is 56.0 Å². The first-order valence-corrected chi connectivity index (χ1v) is 38.2. The van der Waals surface area contributed by atoms with Crippen LogP contribution in [0.25, 0.3) is 117 Å². The number of carbonyl (C=O) groups excluding carboxylic acids is 3. The largest absolute Gasteiger partial charge is 0.512 e. The number of benzene rings is 10. The van der Waals surface area contributed by atoms with E-state index in [4.69, 9.17) is 20.3 Å². The van der Waals surface area contributed by atoms with Crippen LogP contribution in [0, 0.1) is 44.2 Å². The molecule has 5 heterocycles.